The number of carbonyl (C=O) groups is 3. The number of benzene rings is 3. The fourth-order valence-corrected chi connectivity index (χ4v) is 8.74. The van der Waals surface area contributed by atoms with E-state index in [1.807, 2.05) is 35.2 Å². The number of amidine groups is 1. The molecule has 250 valence electrons. The van der Waals surface area contributed by atoms with Crippen molar-refractivity contribution >= 4 is 55.4 Å². The summed E-state index contributed by atoms with van der Waals surface area (Å²) in [5, 5.41) is 0. The highest BCUT2D eigenvalue weighted by Crippen LogP contribution is 2.59. The largest absolute Gasteiger partial charge is 0.467 e. The third-order valence-electron chi connectivity index (χ3n) is 8.70. The molecule has 1 spiro atoms. The Hall–Kier alpha value is -4.56. The zero-order chi connectivity index (χ0) is 34.4. The number of para-hydroxylation sites is 1. The molecule has 0 bridgehead atoms. The number of hydrogen-bond acceptors (Lipinski definition) is 10. The summed E-state index contributed by atoms with van der Waals surface area (Å²) in [4.78, 5) is 47.5. The zero-order valence-corrected chi connectivity index (χ0v) is 28.6. The van der Waals surface area contributed by atoms with Crippen LogP contribution in [0.3, 0.4) is 0 Å². The number of halogens is 2. The molecule has 1 saturated heterocycles. The Labute approximate surface area is 285 Å². The van der Waals surface area contributed by atoms with Gasteiger partial charge in [-0.3, -0.25) is 0 Å². The Morgan fingerprint density at radius 1 is 0.958 bits per heavy atom. The standard InChI is InChI=1S/C34H31BrFN3O8S/c1-4-46-31(41)27-28(32(42)47-5-2)37-33-34(18-26(30(40)45-3)39(33)48(43,44)23-16-14-22(36)15-17-23)24-8-6-7-9-25(24)38(29(27)34)19-20-10-12-21(35)13-11-20/h6-17,26,29H,4-5,18-19H2,1-3H3/t26-,29?,34-/m0/s1. The van der Waals surface area contributed by atoms with E-state index in [0.29, 0.717) is 11.3 Å². The normalized spacial score (nSPS) is 21.2. The molecule has 3 aromatic carbocycles. The Balaban J connectivity index is 1.69. The first-order valence-corrected chi connectivity index (χ1v) is 17.4. The molecule has 1 unspecified atom stereocenters. The number of esters is 3. The minimum absolute atomic E-state index is 0.0236. The van der Waals surface area contributed by atoms with E-state index < -0.39 is 56.9 Å². The molecule has 11 nitrogen and oxygen atoms in total. The molecule has 0 aromatic heterocycles. The number of methoxy groups -OCH3 is 1. The van der Waals surface area contributed by atoms with Gasteiger partial charge in [-0.2, -0.15) is 0 Å². The molecule has 3 aliphatic rings. The van der Waals surface area contributed by atoms with Gasteiger partial charge in [0.2, 0.25) is 0 Å². The van der Waals surface area contributed by atoms with Gasteiger partial charge in [-0.15, -0.1) is 0 Å². The van der Waals surface area contributed by atoms with Crippen molar-refractivity contribution in [1.29, 1.82) is 0 Å². The average Bonchev–Trinajstić information content (AvgIpc) is 3.57. The van der Waals surface area contributed by atoms with E-state index in [4.69, 9.17) is 14.2 Å². The molecular weight excluding hydrogens is 709 g/mol. The number of hydrogen-bond donors (Lipinski definition) is 0. The molecule has 48 heavy (non-hydrogen) atoms. The quantitative estimate of drug-likeness (QED) is 0.228. The van der Waals surface area contributed by atoms with Crippen LogP contribution in [0.4, 0.5) is 10.1 Å². The van der Waals surface area contributed by atoms with Crippen LogP contribution < -0.4 is 4.90 Å². The van der Waals surface area contributed by atoms with Gasteiger partial charge in [0.1, 0.15) is 17.7 Å². The lowest BCUT2D eigenvalue weighted by Gasteiger charge is -2.40. The van der Waals surface area contributed by atoms with Crippen LogP contribution in [0.25, 0.3) is 0 Å². The van der Waals surface area contributed by atoms with E-state index in [2.05, 4.69) is 20.9 Å². The molecule has 3 heterocycles. The van der Waals surface area contributed by atoms with Crippen LogP contribution in [0.1, 0.15) is 31.4 Å². The summed E-state index contributed by atoms with van der Waals surface area (Å²) in [6.07, 6.45) is -0.198. The Morgan fingerprint density at radius 2 is 1.60 bits per heavy atom. The van der Waals surface area contributed by atoms with Crippen molar-refractivity contribution in [2.24, 2.45) is 4.99 Å². The third-order valence-corrected chi connectivity index (χ3v) is 11.0. The number of fused-ring (bicyclic) bond motifs is 1. The van der Waals surface area contributed by atoms with Crippen molar-refractivity contribution in [2.75, 3.05) is 25.2 Å². The molecule has 0 radical (unpaired) electrons. The third kappa shape index (κ3) is 5.27. The number of aliphatic imine (C=N–C) groups is 1. The van der Waals surface area contributed by atoms with Crippen molar-refractivity contribution in [3.8, 4) is 0 Å². The van der Waals surface area contributed by atoms with Crippen LogP contribution in [0.15, 0.2) is 98.4 Å². The van der Waals surface area contributed by atoms with Crippen molar-refractivity contribution in [2.45, 2.75) is 49.2 Å². The molecule has 14 heteroatoms. The fraction of sp³-hybridized carbons (Fsp3) is 0.294. The van der Waals surface area contributed by atoms with Gasteiger partial charge in [-0.25, -0.2) is 36.5 Å². The predicted molar refractivity (Wildman–Crippen MR) is 176 cm³/mol. The molecule has 0 saturated carbocycles. The van der Waals surface area contributed by atoms with Crippen LogP contribution in [0.5, 0.6) is 0 Å². The number of anilines is 1. The summed E-state index contributed by atoms with van der Waals surface area (Å²) in [6, 6.07) is 16.3. The Bertz CT molecular complexity index is 1970. The zero-order valence-electron chi connectivity index (χ0n) is 26.2. The summed E-state index contributed by atoms with van der Waals surface area (Å²) in [7, 11) is -3.51. The maximum atomic E-state index is 14.5. The van der Waals surface area contributed by atoms with Crippen molar-refractivity contribution in [3.05, 3.63) is 105 Å². The van der Waals surface area contributed by atoms with Gasteiger partial charge < -0.3 is 19.1 Å². The minimum Gasteiger partial charge on any atom is -0.467 e. The van der Waals surface area contributed by atoms with E-state index in [1.54, 1.807) is 32.0 Å². The van der Waals surface area contributed by atoms with Gasteiger partial charge in [0.25, 0.3) is 10.0 Å². The first-order chi connectivity index (χ1) is 23.0. The highest BCUT2D eigenvalue weighted by Gasteiger charge is 2.68. The average molecular weight is 741 g/mol. The van der Waals surface area contributed by atoms with Gasteiger partial charge in [0.15, 0.2) is 5.70 Å². The second-order valence-electron chi connectivity index (χ2n) is 11.3. The van der Waals surface area contributed by atoms with Gasteiger partial charge in [-0.1, -0.05) is 46.3 Å². The molecule has 0 N–H and O–H groups in total. The summed E-state index contributed by atoms with van der Waals surface area (Å²) in [5.74, 6) is -3.52. The predicted octanol–water partition coefficient (Wildman–Crippen LogP) is 4.64. The van der Waals surface area contributed by atoms with Gasteiger partial charge >= 0.3 is 17.9 Å². The second-order valence-corrected chi connectivity index (χ2v) is 14.0. The smallest absolute Gasteiger partial charge is 0.357 e. The van der Waals surface area contributed by atoms with Crippen molar-refractivity contribution < 1.29 is 41.4 Å². The SMILES string of the molecule is CCOC(=O)C1=C(C(=O)OCC)C2N(Cc3ccc(Br)cc3)c3ccccc3[C@@]23C[C@@H](C(=O)OC)N(S(=O)(=O)c2ccc(F)cc2)C3=N1. The maximum Gasteiger partial charge on any atom is 0.357 e. The summed E-state index contributed by atoms with van der Waals surface area (Å²) in [6.45, 7) is 3.34. The molecule has 6 rings (SSSR count). The summed E-state index contributed by atoms with van der Waals surface area (Å²) in [5.41, 5.74) is 0.0151. The van der Waals surface area contributed by atoms with Gasteiger partial charge in [0, 0.05) is 16.7 Å². The Morgan fingerprint density at radius 3 is 2.25 bits per heavy atom. The number of sulfonamides is 1. The van der Waals surface area contributed by atoms with E-state index in [0.717, 1.165) is 45.7 Å². The van der Waals surface area contributed by atoms with E-state index in [1.165, 1.54) is 0 Å². The highest BCUT2D eigenvalue weighted by molar-refractivity contribution is 9.10. The van der Waals surface area contributed by atoms with Crippen LogP contribution in [-0.2, 0) is 50.6 Å². The highest BCUT2D eigenvalue weighted by atomic mass is 79.9. The molecule has 1 fully saturated rings. The Kier molecular flexibility index (Phi) is 8.90. The summed E-state index contributed by atoms with van der Waals surface area (Å²) >= 11 is 3.46. The van der Waals surface area contributed by atoms with Gasteiger partial charge in [0.05, 0.1) is 42.2 Å². The first-order valence-electron chi connectivity index (χ1n) is 15.2. The minimum atomic E-state index is -4.65. The van der Waals surface area contributed by atoms with Crippen molar-refractivity contribution in [3.63, 3.8) is 0 Å². The molecule has 0 aliphatic carbocycles. The van der Waals surface area contributed by atoms with E-state index in [9.17, 15) is 27.2 Å². The van der Waals surface area contributed by atoms with Gasteiger partial charge in [-0.05, 0) is 73.9 Å². The number of ether oxygens (including phenoxy) is 3. The number of carbonyl (C=O) groups excluding carboxylic acids is 3. The lowest BCUT2D eigenvalue weighted by atomic mass is 9.69. The van der Waals surface area contributed by atoms with E-state index >= 15 is 0 Å². The number of nitrogens with zero attached hydrogens (tertiary/aromatic N) is 3. The lowest BCUT2D eigenvalue weighted by Crippen LogP contribution is -2.55. The second kappa shape index (κ2) is 12.8. The topological polar surface area (TPSA) is 132 Å². The first kappa shape index (κ1) is 33.3. The number of rotatable bonds is 9. The fourth-order valence-electron chi connectivity index (χ4n) is 6.84. The molecule has 3 aliphatic heterocycles. The van der Waals surface area contributed by atoms with Crippen LogP contribution in [-0.4, -0.2) is 68.9 Å². The molecular formula is C34H31BrFN3O8S. The molecule has 3 atom stereocenters. The summed E-state index contributed by atoms with van der Waals surface area (Å²) < 4.78 is 60.7. The molecule has 0 amide bonds. The molecule has 3 aromatic rings. The van der Waals surface area contributed by atoms with Crippen molar-refractivity contribution in [1.82, 2.24) is 4.31 Å². The van der Waals surface area contributed by atoms with E-state index in [-0.39, 0.29) is 42.5 Å². The lowest BCUT2D eigenvalue weighted by molar-refractivity contribution is -0.144. The maximum absolute atomic E-state index is 14.5. The van der Waals surface area contributed by atoms with Crippen LogP contribution in [0, 0.1) is 5.82 Å². The monoisotopic (exact) mass is 739 g/mol. The van der Waals surface area contributed by atoms with Crippen LogP contribution in [0.2, 0.25) is 0 Å². The van der Waals surface area contributed by atoms with Crippen LogP contribution >= 0.6 is 15.9 Å².